The number of nitrogens with zero attached hydrogens (tertiary/aromatic N) is 6. The number of amides is 1. The van der Waals surface area contributed by atoms with E-state index in [0.29, 0.717) is 10.2 Å². The van der Waals surface area contributed by atoms with E-state index in [4.69, 9.17) is 22.1 Å². The molecule has 0 saturated heterocycles. The molecule has 0 spiro atoms. The molecule has 2 aliphatic rings. The van der Waals surface area contributed by atoms with Crippen molar-refractivity contribution in [3.05, 3.63) is 77.1 Å². The smallest absolute Gasteiger partial charge is 0.395 e. The van der Waals surface area contributed by atoms with Crippen LogP contribution in [0.1, 0.15) is 70.2 Å². The number of hydrogen-bond acceptors (Lipinski definition) is 8. The van der Waals surface area contributed by atoms with Crippen LogP contribution in [0.15, 0.2) is 60.1 Å². The second-order valence-corrected chi connectivity index (χ2v) is 14.6. The molecular weight excluding hydrogens is 718 g/mol. The number of carbonyl (C=O) groups excluding carboxylic acids is 2. The number of H-pyrrole nitrogens is 1. The van der Waals surface area contributed by atoms with Gasteiger partial charge in [0.25, 0.3) is 5.91 Å². The highest BCUT2D eigenvalue weighted by molar-refractivity contribution is 6.33. The predicted molar refractivity (Wildman–Crippen MR) is 176 cm³/mol. The number of ether oxygens (including phenoxy) is 1. The Morgan fingerprint density at radius 1 is 1.12 bits per heavy atom. The molecule has 18 heteroatoms. The summed E-state index contributed by atoms with van der Waals surface area (Å²) < 4.78 is 89.4. The Hall–Kier alpha value is -4.93. The van der Waals surface area contributed by atoms with Gasteiger partial charge in [0.1, 0.15) is 18.8 Å². The Morgan fingerprint density at radius 2 is 1.85 bits per heavy atom. The van der Waals surface area contributed by atoms with Crippen molar-refractivity contribution in [1.29, 1.82) is 0 Å². The number of nitrogens with two attached hydrogens (primary N) is 1. The van der Waals surface area contributed by atoms with Crippen molar-refractivity contribution < 1.29 is 40.7 Å². The second-order valence-electron chi connectivity index (χ2n) is 14.2. The van der Waals surface area contributed by atoms with Crippen molar-refractivity contribution in [3.63, 3.8) is 0 Å². The van der Waals surface area contributed by atoms with Crippen LogP contribution >= 0.6 is 11.6 Å². The van der Waals surface area contributed by atoms with Crippen molar-refractivity contribution in [2.75, 3.05) is 6.61 Å². The number of halogens is 7. The van der Waals surface area contributed by atoms with Crippen LogP contribution in [0.2, 0.25) is 5.02 Å². The van der Waals surface area contributed by atoms with Crippen LogP contribution in [0.5, 0.6) is 0 Å². The standard InChI is InChI=1S/C34H33ClF6N8O3/c1-31(2,3)16-33(22-6-4-18(11-24(22)36)20-13-45-48(14-20)29(37)38)28(51)49(30(42)46-33)25(15-52-26(50)12-32(8-9-32)34(39,40)41)19-5-7-23(35)21(10-19)27-43-17-44-47-27/h4-7,10-11,13-14,17,25,29H,8-9,12,15-16H2,1-3H3,(H2,42,46)(H,43,44,47)/t25-,33-/m1/s1. The summed E-state index contributed by atoms with van der Waals surface area (Å²) in [6.45, 7) is 1.85. The lowest BCUT2D eigenvalue weighted by atomic mass is 9.75. The van der Waals surface area contributed by atoms with Gasteiger partial charge in [-0.25, -0.2) is 19.0 Å². The van der Waals surface area contributed by atoms with Crippen LogP contribution in [-0.4, -0.2) is 60.5 Å². The van der Waals surface area contributed by atoms with Gasteiger partial charge in [0.05, 0.1) is 29.1 Å². The molecule has 1 aliphatic heterocycles. The van der Waals surface area contributed by atoms with E-state index in [1.54, 1.807) is 20.8 Å². The SMILES string of the molecule is CC(C)(C)C[C@]1(c2ccc(-c3cnn(C(F)F)c3)cc2F)N=C(N)N([C@H](COC(=O)CC2(C(F)(F)F)CC2)c2ccc(Cl)c(-c3ncn[nH]3)c2)C1=O. The van der Waals surface area contributed by atoms with E-state index in [1.807, 2.05) is 0 Å². The molecule has 2 atom stereocenters. The fraction of sp³-hybridized carbons (Fsp3) is 0.412. The van der Waals surface area contributed by atoms with Crippen molar-refractivity contribution in [2.24, 2.45) is 21.6 Å². The van der Waals surface area contributed by atoms with Crippen LogP contribution in [0.4, 0.5) is 26.3 Å². The number of rotatable bonds is 11. The van der Waals surface area contributed by atoms with Gasteiger partial charge in [-0.1, -0.05) is 50.6 Å². The third-order valence-corrected chi connectivity index (χ3v) is 9.49. The highest BCUT2D eigenvalue weighted by atomic mass is 35.5. The van der Waals surface area contributed by atoms with E-state index < -0.39 is 65.9 Å². The highest BCUT2D eigenvalue weighted by Crippen LogP contribution is 2.60. The van der Waals surface area contributed by atoms with E-state index in [2.05, 4.69) is 25.3 Å². The molecule has 11 nitrogen and oxygen atoms in total. The molecule has 0 unspecified atom stereocenters. The topological polar surface area (TPSA) is 144 Å². The summed E-state index contributed by atoms with van der Waals surface area (Å²) in [4.78, 5) is 37.5. The molecule has 0 radical (unpaired) electrons. The van der Waals surface area contributed by atoms with Crippen LogP contribution in [0, 0.1) is 16.6 Å². The largest absolute Gasteiger partial charge is 0.463 e. The zero-order chi connectivity index (χ0) is 37.8. The molecule has 0 bridgehead atoms. The van der Waals surface area contributed by atoms with Gasteiger partial charge in [0.15, 0.2) is 17.3 Å². The third kappa shape index (κ3) is 6.97. The monoisotopic (exact) mass is 750 g/mol. The molecular formula is C34H33ClF6N8O3. The van der Waals surface area contributed by atoms with Crippen molar-refractivity contribution in [2.45, 2.75) is 70.8 Å². The fourth-order valence-corrected chi connectivity index (χ4v) is 6.68. The molecule has 3 N–H and O–H groups in total. The Labute approximate surface area is 298 Å². The highest BCUT2D eigenvalue weighted by Gasteiger charge is 2.64. The summed E-state index contributed by atoms with van der Waals surface area (Å²) in [5.41, 5.74) is 2.53. The first-order chi connectivity index (χ1) is 24.3. The fourth-order valence-electron chi connectivity index (χ4n) is 6.48. The molecule has 52 heavy (non-hydrogen) atoms. The van der Waals surface area contributed by atoms with E-state index >= 15 is 4.39 Å². The number of aliphatic imine (C=N–C) groups is 1. The maximum Gasteiger partial charge on any atom is 0.395 e. The first-order valence-electron chi connectivity index (χ1n) is 16.0. The quantitative estimate of drug-likeness (QED) is 0.121. The van der Waals surface area contributed by atoms with Gasteiger partial charge in [-0.15, -0.1) is 0 Å². The van der Waals surface area contributed by atoms with Crippen LogP contribution in [0.25, 0.3) is 22.5 Å². The zero-order valence-corrected chi connectivity index (χ0v) is 28.8. The van der Waals surface area contributed by atoms with Gasteiger partial charge in [-0.2, -0.15) is 32.1 Å². The predicted octanol–water partition coefficient (Wildman–Crippen LogP) is 7.33. The number of guanidine groups is 1. The van der Waals surface area contributed by atoms with Crippen LogP contribution < -0.4 is 5.73 Å². The molecule has 1 saturated carbocycles. The van der Waals surface area contributed by atoms with Crippen molar-refractivity contribution in [1.82, 2.24) is 29.9 Å². The maximum absolute atomic E-state index is 16.2. The van der Waals surface area contributed by atoms with Gasteiger partial charge in [0, 0.05) is 22.9 Å². The third-order valence-electron chi connectivity index (χ3n) is 9.16. The first-order valence-corrected chi connectivity index (χ1v) is 16.4. The number of esters is 1. The summed E-state index contributed by atoms with van der Waals surface area (Å²) in [7, 11) is 0. The summed E-state index contributed by atoms with van der Waals surface area (Å²) in [5.74, 6) is -2.95. The van der Waals surface area contributed by atoms with E-state index in [9.17, 15) is 31.5 Å². The minimum atomic E-state index is -4.61. The molecule has 1 amide bonds. The Morgan fingerprint density at radius 3 is 2.42 bits per heavy atom. The molecule has 276 valence electrons. The minimum Gasteiger partial charge on any atom is -0.463 e. The van der Waals surface area contributed by atoms with Crippen LogP contribution in [-0.2, 0) is 19.9 Å². The van der Waals surface area contributed by atoms with Gasteiger partial charge in [-0.05, 0) is 54.0 Å². The van der Waals surface area contributed by atoms with Crippen molar-refractivity contribution in [3.8, 4) is 22.5 Å². The molecule has 1 fully saturated rings. The number of hydrogen-bond donors (Lipinski definition) is 2. The van der Waals surface area contributed by atoms with Gasteiger partial charge in [-0.3, -0.25) is 19.6 Å². The van der Waals surface area contributed by atoms with E-state index in [1.165, 1.54) is 36.7 Å². The Balaban J connectivity index is 1.40. The number of benzene rings is 2. The summed E-state index contributed by atoms with van der Waals surface area (Å²) in [5, 5.41) is 10.3. The molecule has 2 aromatic carbocycles. The molecule has 3 heterocycles. The molecule has 6 rings (SSSR count). The zero-order valence-electron chi connectivity index (χ0n) is 28.0. The van der Waals surface area contributed by atoms with Gasteiger partial charge >= 0.3 is 18.7 Å². The normalized spacial score (nSPS) is 19.2. The minimum absolute atomic E-state index is 0.0693. The number of carbonyl (C=O) groups is 2. The molecule has 2 aromatic heterocycles. The number of nitrogens with one attached hydrogen (secondary N) is 1. The maximum atomic E-state index is 16.2. The molecule has 1 aliphatic carbocycles. The second kappa shape index (κ2) is 13.2. The number of aromatic nitrogens is 5. The van der Waals surface area contributed by atoms with Gasteiger partial charge < -0.3 is 10.5 Å². The lowest BCUT2D eigenvalue weighted by Crippen LogP contribution is -2.47. The van der Waals surface area contributed by atoms with Gasteiger partial charge in [0.2, 0.25) is 0 Å². The average molecular weight is 751 g/mol. The average Bonchev–Trinajstić information content (AvgIpc) is 3.38. The number of alkyl halides is 5. The lowest BCUT2D eigenvalue weighted by Gasteiger charge is -2.35. The van der Waals surface area contributed by atoms with Crippen molar-refractivity contribution >= 4 is 29.4 Å². The Kier molecular flexibility index (Phi) is 9.38. The number of aromatic amines is 1. The lowest BCUT2D eigenvalue weighted by molar-refractivity contribution is -0.195. The van der Waals surface area contributed by atoms with Crippen LogP contribution in [0.3, 0.4) is 0 Å². The summed E-state index contributed by atoms with van der Waals surface area (Å²) in [6, 6.07) is 7.08. The van der Waals surface area contributed by atoms with E-state index in [0.717, 1.165) is 23.4 Å². The Bertz CT molecular complexity index is 2020. The summed E-state index contributed by atoms with van der Waals surface area (Å²) in [6.07, 6.45) is -2.58. The summed E-state index contributed by atoms with van der Waals surface area (Å²) >= 11 is 6.46. The first kappa shape index (κ1) is 36.8. The molecule has 4 aromatic rings. The van der Waals surface area contributed by atoms with E-state index in [-0.39, 0.29) is 58.3 Å².